The van der Waals surface area contributed by atoms with E-state index in [9.17, 15) is 10.2 Å². The minimum Gasteiger partial charge on any atom is -0.506 e. The summed E-state index contributed by atoms with van der Waals surface area (Å²) in [6, 6.07) is 18.3. The number of benzene rings is 2. The molecule has 5 nitrogen and oxygen atoms in total. The number of phenolic OH excluding ortho intramolecular Hbond substituents is 2. The fourth-order valence-electron chi connectivity index (χ4n) is 2.18. The van der Waals surface area contributed by atoms with Gasteiger partial charge in [0.25, 0.3) is 0 Å². The molecule has 0 saturated heterocycles. The number of hydrogen-bond acceptors (Lipinski definition) is 5. The van der Waals surface area contributed by atoms with Crippen molar-refractivity contribution in [2.75, 3.05) is 0 Å². The summed E-state index contributed by atoms with van der Waals surface area (Å²) in [7, 11) is 0. The Hall–Kier alpha value is -2.94. The number of carbonyl (C=O) groups is 1. The van der Waals surface area contributed by atoms with Crippen molar-refractivity contribution >= 4 is 46.0 Å². The lowest BCUT2D eigenvalue weighted by Gasteiger charge is -1.96. The number of nitrogens with zero attached hydrogens (tertiary/aromatic N) is 2. The molecule has 0 amide bonds. The molecule has 123 valence electrons. The topological polar surface area (TPSA) is 83.3 Å². The summed E-state index contributed by atoms with van der Waals surface area (Å²) in [5.41, 5.74) is 1.32. The van der Waals surface area contributed by atoms with E-state index >= 15 is 0 Å². The molecule has 4 rings (SSSR count). The summed E-state index contributed by atoms with van der Waals surface area (Å²) in [4.78, 5) is 16.1. The molecule has 0 fully saturated rings. The van der Waals surface area contributed by atoms with Crippen LogP contribution in [0.2, 0.25) is 0 Å². The van der Waals surface area contributed by atoms with Crippen LogP contribution in [0.1, 0.15) is 0 Å². The van der Waals surface area contributed by atoms with Gasteiger partial charge >= 0.3 is 0 Å². The number of aromatic nitrogens is 2. The monoisotopic (exact) mass is 347 g/mol. The summed E-state index contributed by atoms with van der Waals surface area (Å²) < 4.78 is 0. The van der Waals surface area contributed by atoms with E-state index in [1.165, 1.54) is 0 Å². The standard InChI is InChI=1S/2C9H7NO.CH2O.Al/c2*11-8-5-1-3-7-4-2-6-10-9(7)8;1-2;/h2*1-6,11H;1H2;. The molecule has 0 unspecified atom stereocenters. The highest BCUT2D eigenvalue weighted by molar-refractivity contribution is 5.84. The van der Waals surface area contributed by atoms with Crippen molar-refractivity contribution in [1.29, 1.82) is 0 Å². The molecule has 0 saturated carbocycles. The second-order valence-electron chi connectivity index (χ2n) is 4.70. The normalized spacial score (nSPS) is 9.12. The van der Waals surface area contributed by atoms with E-state index in [-0.39, 0.29) is 28.9 Å². The Morgan fingerprint density at radius 2 is 1.00 bits per heavy atom. The Morgan fingerprint density at radius 1 is 0.640 bits per heavy atom. The van der Waals surface area contributed by atoms with Gasteiger partial charge in [-0.25, -0.2) is 0 Å². The van der Waals surface area contributed by atoms with Gasteiger partial charge in [0.05, 0.1) is 0 Å². The van der Waals surface area contributed by atoms with Crippen LogP contribution < -0.4 is 0 Å². The molecule has 2 aromatic carbocycles. The third-order valence-electron chi connectivity index (χ3n) is 3.22. The van der Waals surface area contributed by atoms with E-state index in [0.29, 0.717) is 11.0 Å². The Balaban J connectivity index is 0.000000220. The van der Waals surface area contributed by atoms with Crippen LogP contribution in [0.3, 0.4) is 0 Å². The molecule has 0 bridgehead atoms. The predicted octanol–water partition coefficient (Wildman–Crippen LogP) is 3.32. The number of aromatic hydroxyl groups is 2. The van der Waals surface area contributed by atoms with Gasteiger partial charge in [0.15, 0.2) is 0 Å². The van der Waals surface area contributed by atoms with Crippen LogP contribution in [0.5, 0.6) is 11.5 Å². The van der Waals surface area contributed by atoms with Crippen molar-refractivity contribution in [3.8, 4) is 11.5 Å². The van der Waals surface area contributed by atoms with E-state index in [1.54, 1.807) is 36.7 Å². The molecule has 0 aliphatic heterocycles. The quantitative estimate of drug-likeness (QED) is 0.477. The molecule has 0 spiro atoms. The summed E-state index contributed by atoms with van der Waals surface area (Å²) in [6.07, 6.45) is 3.34. The Bertz CT molecular complexity index is 860. The molecule has 6 heteroatoms. The molecule has 4 aromatic rings. The highest BCUT2D eigenvalue weighted by Crippen LogP contribution is 2.21. The second kappa shape index (κ2) is 10.0. The number of rotatable bonds is 0. The average Bonchev–Trinajstić information content (AvgIpc) is 2.65. The van der Waals surface area contributed by atoms with E-state index < -0.39 is 0 Å². The first-order valence-corrected chi connectivity index (χ1v) is 7.10. The average molecular weight is 347 g/mol. The van der Waals surface area contributed by atoms with Crippen LogP contribution in [-0.2, 0) is 4.79 Å². The second-order valence-corrected chi connectivity index (χ2v) is 4.70. The zero-order chi connectivity index (χ0) is 17.4. The number of pyridine rings is 2. The van der Waals surface area contributed by atoms with Crippen molar-refractivity contribution in [2.24, 2.45) is 0 Å². The van der Waals surface area contributed by atoms with E-state index in [1.807, 2.05) is 43.2 Å². The molecular weight excluding hydrogens is 331 g/mol. The zero-order valence-electron chi connectivity index (χ0n) is 13.4. The fourth-order valence-corrected chi connectivity index (χ4v) is 2.18. The van der Waals surface area contributed by atoms with Crippen LogP contribution in [0, 0.1) is 0 Å². The zero-order valence-corrected chi connectivity index (χ0v) is 14.6. The lowest BCUT2D eigenvalue weighted by Crippen LogP contribution is -1.76. The van der Waals surface area contributed by atoms with Crippen LogP contribution in [0.4, 0.5) is 0 Å². The van der Waals surface area contributed by atoms with Crippen molar-refractivity contribution < 1.29 is 15.0 Å². The maximum atomic E-state index is 9.31. The van der Waals surface area contributed by atoms with Gasteiger partial charge in [-0.15, -0.1) is 0 Å². The van der Waals surface area contributed by atoms with Gasteiger partial charge in [-0.2, -0.15) is 0 Å². The summed E-state index contributed by atoms with van der Waals surface area (Å²) in [6.45, 7) is 2.00. The van der Waals surface area contributed by atoms with Crippen molar-refractivity contribution in [2.45, 2.75) is 0 Å². The van der Waals surface area contributed by atoms with Gasteiger partial charge in [0.2, 0.25) is 0 Å². The van der Waals surface area contributed by atoms with Gasteiger partial charge in [0, 0.05) is 40.5 Å². The largest absolute Gasteiger partial charge is 0.506 e. The molecule has 0 aliphatic carbocycles. The SMILES string of the molecule is C=O.Oc1cccc2cccnc12.Oc1cccc2cccnc12.[Al]. The molecule has 2 N–H and O–H groups in total. The molecule has 0 aliphatic rings. The number of hydrogen-bond donors (Lipinski definition) is 2. The predicted molar refractivity (Wildman–Crippen MR) is 99.7 cm³/mol. The minimum atomic E-state index is 0. The maximum Gasteiger partial charge on any atom is 0.141 e. The van der Waals surface area contributed by atoms with E-state index in [0.717, 1.165) is 10.8 Å². The van der Waals surface area contributed by atoms with Gasteiger partial charge in [-0.05, 0) is 24.3 Å². The van der Waals surface area contributed by atoms with Crippen molar-refractivity contribution in [1.82, 2.24) is 9.97 Å². The Morgan fingerprint density at radius 3 is 1.36 bits per heavy atom. The van der Waals surface area contributed by atoms with Gasteiger partial charge in [0.1, 0.15) is 29.3 Å². The first kappa shape index (κ1) is 20.1. The summed E-state index contributed by atoms with van der Waals surface area (Å²) in [5, 5.41) is 20.5. The first-order chi connectivity index (χ1) is 11.8. The molecule has 3 radical (unpaired) electrons. The number of carbonyl (C=O) groups excluding carboxylic acids is 1. The lowest BCUT2D eigenvalue weighted by atomic mass is 10.2. The van der Waals surface area contributed by atoms with Crippen LogP contribution in [0.15, 0.2) is 73.1 Å². The van der Waals surface area contributed by atoms with Crippen molar-refractivity contribution in [3.05, 3.63) is 73.1 Å². The molecule has 25 heavy (non-hydrogen) atoms. The van der Waals surface area contributed by atoms with Gasteiger partial charge < -0.3 is 15.0 Å². The third kappa shape index (κ3) is 5.02. The van der Waals surface area contributed by atoms with Crippen LogP contribution in [0.25, 0.3) is 21.8 Å². The molecule has 0 atom stereocenters. The van der Waals surface area contributed by atoms with Gasteiger partial charge in [-0.3, -0.25) is 9.97 Å². The molecule has 2 heterocycles. The third-order valence-corrected chi connectivity index (χ3v) is 3.22. The first-order valence-electron chi connectivity index (χ1n) is 7.10. The highest BCUT2D eigenvalue weighted by atomic mass is 27.0. The molecular formula is C19H16AlN2O3. The Labute approximate surface area is 155 Å². The van der Waals surface area contributed by atoms with E-state index in [2.05, 4.69) is 9.97 Å². The van der Waals surface area contributed by atoms with Gasteiger partial charge in [-0.1, -0.05) is 36.4 Å². The van der Waals surface area contributed by atoms with Crippen molar-refractivity contribution in [3.63, 3.8) is 0 Å². The van der Waals surface area contributed by atoms with Crippen LogP contribution in [-0.4, -0.2) is 44.3 Å². The maximum absolute atomic E-state index is 9.31. The van der Waals surface area contributed by atoms with Crippen LogP contribution >= 0.6 is 0 Å². The number of fused-ring (bicyclic) bond motifs is 2. The lowest BCUT2D eigenvalue weighted by molar-refractivity contribution is -0.0979. The Kier molecular flexibility index (Phi) is 8.07. The van der Waals surface area contributed by atoms with E-state index in [4.69, 9.17) is 4.79 Å². The number of phenols is 2. The summed E-state index contributed by atoms with van der Waals surface area (Å²) in [5.74, 6) is 0.478. The summed E-state index contributed by atoms with van der Waals surface area (Å²) >= 11 is 0. The minimum absolute atomic E-state index is 0. The fraction of sp³-hybridized carbons (Fsp3) is 0. The smallest absolute Gasteiger partial charge is 0.141 e. The molecule has 2 aromatic heterocycles. The highest BCUT2D eigenvalue weighted by Gasteiger charge is 1.97. The number of para-hydroxylation sites is 2.